The van der Waals surface area contributed by atoms with E-state index >= 15 is 0 Å². The fourth-order valence-electron chi connectivity index (χ4n) is 2.08. The smallest absolute Gasteiger partial charge is 0.326 e. The molecule has 0 radical (unpaired) electrons. The summed E-state index contributed by atoms with van der Waals surface area (Å²) in [5.74, 6) is -4.19. The van der Waals surface area contributed by atoms with Crippen LogP contribution >= 0.6 is 12.6 Å². The highest BCUT2D eigenvalue weighted by Crippen LogP contribution is 2.04. The van der Waals surface area contributed by atoms with Gasteiger partial charge >= 0.3 is 11.9 Å². The van der Waals surface area contributed by atoms with Crippen LogP contribution in [-0.4, -0.2) is 57.8 Å². The number of carboxylic acids is 2. The van der Waals surface area contributed by atoms with Crippen molar-refractivity contribution in [1.29, 1.82) is 0 Å². The summed E-state index contributed by atoms with van der Waals surface area (Å²) in [4.78, 5) is 46.1. The molecule has 1 rings (SSSR count). The summed E-state index contributed by atoms with van der Waals surface area (Å²) in [5, 5.41) is 22.5. The van der Waals surface area contributed by atoms with E-state index in [0.29, 0.717) is 0 Å². The lowest BCUT2D eigenvalue weighted by molar-refractivity contribution is -0.142. The SMILES string of the molecule is N[C@@H](CC(=O)O)C(=O)N[C@@H](CS)C(=O)N[C@@H](Cc1ccccc1)C(=O)O. The predicted molar refractivity (Wildman–Crippen MR) is 95.7 cm³/mol. The van der Waals surface area contributed by atoms with Gasteiger partial charge in [0.1, 0.15) is 12.1 Å². The van der Waals surface area contributed by atoms with Gasteiger partial charge in [-0.05, 0) is 5.56 Å². The van der Waals surface area contributed by atoms with Gasteiger partial charge in [-0.3, -0.25) is 14.4 Å². The maximum absolute atomic E-state index is 12.3. The molecule has 3 atom stereocenters. The first-order chi connectivity index (χ1) is 12.2. The van der Waals surface area contributed by atoms with Gasteiger partial charge in [0.2, 0.25) is 11.8 Å². The first-order valence-electron chi connectivity index (χ1n) is 7.70. The quantitative estimate of drug-likeness (QED) is 0.283. The number of nitrogens with one attached hydrogen (secondary N) is 2. The van der Waals surface area contributed by atoms with Crippen LogP contribution in [0.15, 0.2) is 30.3 Å². The highest BCUT2D eigenvalue weighted by molar-refractivity contribution is 7.80. The zero-order valence-electron chi connectivity index (χ0n) is 13.8. The van der Waals surface area contributed by atoms with Crippen LogP contribution in [0.2, 0.25) is 0 Å². The van der Waals surface area contributed by atoms with Gasteiger partial charge in [-0.25, -0.2) is 4.79 Å². The van der Waals surface area contributed by atoms with Crippen LogP contribution in [0.5, 0.6) is 0 Å². The predicted octanol–water partition coefficient (Wildman–Crippen LogP) is -0.985. The Balaban J connectivity index is 2.71. The summed E-state index contributed by atoms with van der Waals surface area (Å²) < 4.78 is 0. The van der Waals surface area contributed by atoms with Gasteiger partial charge < -0.3 is 26.6 Å². The molecule has 1 aromatic carbocycles. The summed E-state index contributed by atoms with van der Waals surface area (Å²) in [6.45, 7) is 0. The van der Waals surface area contributed by atoms with Crippen molar-refractivity contribution in [1.82, 2.24) is 10.6 Å². The van der Waals surface area contributed by atoms with Gasteiger partial charge in [0.15, 0.2) is 0 Å². The third-order valence-electron chi connectivity index (χ3n) is 3.44. The van der Waals surface area contributed by atoms with Gasteiger partial charge in [0.25, 0.3) is 0 Å². The standard InChI is InChI=1S/C16H21N3O6S/c17-10(7-13(20)21)14(22)19-12(8-26)15(23)18-11(16(24)25)6-9-4-2-1-3-5-9/h1-5,10-12,26H,6-8,17H2,(H,18,23)(H,19,22)(H,20,21)(H,24,25)/t10-,11-,12-/m0/s1. The average molecular weight is 383 g/mol. The fourth-order valence-corrected chi connectivity index (χ4v) is 2.33. The minimum atomic E-state index is -1.33. The number of carbonyl (C=O) groups is 4. The monoisotopic (exact) mass is 383 g/mol. The Morgan fingerprint density at radius 1 is 1.00 bits per heavy atom. The lowest BCUT2D eigenvalue weighted by Gasteiger charge is -2.21. The van der Waals surface area contributed by atoms with Crippen molar-refractivity contribution in [3.8, 4) is 0 Å². The van der Waals surface area contributed by atoms with Crippen LogP contribution in [0.25, 0.3) is 0 Å². The normalized spacial score (nSPS) is 13.9. The number of hydrogen-bond acceptors (Lipinski definition) is 6. The second kappa shape index (κ2) is 10.4. The van der Waals surface area contributed by atoms with Crippen molar-refractivity contribution in [3.63, 3.8) is 0 Å². The van der Waals surface area contributed by atoms with Crippen LogP contribution in [0.1, 0.15) is 12.0 Å². The summed E-state index contributed by atoms with van der Waals surface area (Å²) in [6.07, 6.45) is -0.536. The molecule has 0 aliphatic carbocycles. The van der Waals surface area contributed by atoms with Crippen molar-refractivity contribution < 1.29 is 29.4 Å². The minimum absolute atomic E-state index is 0.0632. The lowest BCUT2D eigenvalue weighted by atomic mass is 10.1. The van der Waals surface area contributed by atoms with Gasteiger partial charge in [-0.1, -0.05) is 30.3 Å². The molecule has 0 unspecified atom stereocenters. The Bertz CT molecular complexity index is 655. The molecule has 0 heterocycles. The van der Waals surface area contributed by atoms with Crippen molar-refractivity contribution in [2.24, 2.45) is 5.73 Å². The van der Waals surface area contributed by atoms with Gasteiger partial charge in [-0.2, -0.15) is 12.6 Å². The molecule has 2 amide bonds. The molecule has 142 valence electrons. The Labute approximate surface area is 155 Å². The topological polar surface area (TPSA) is 159 Å². The molecule has 0 aromatic heterocycles. The van der Waals surface area contributed by atoms with E-state index in [1.54, 1.807) is 30.3 Å². The first-order valence-corrected chi connectivity index (χ1v) is 8.33. The number of hydrogen-bond donors (Lipinski definition) is 6. The second-order valence-corrected chi connectivity index (χ2v) is 5.90. The fraction of sp³-hybridized carbons (Fsp3) is 0.375. The van der Waals surface area contributed by atoms with Gasteiger partial charge in [0.05, 0.1) is 12.5 Å². The summed E-state index contributed by atoms with van der Waals surface area (Å²) in [7, 11) is 0. The Kier molecular flexibility index (Phi) is 8.59. The summed E-state index contributed by atoms with van der Waals surface area (Å²) >= 11 is 3.96. The third-order valence-corrected chi connectivity index (χ3v) is 3.81. The van der Waals surface area contributed by atoms with E-state index in [2.05, 4.69) is 23.3 Å². The van der Waals surface area contributed by atoms with Crippen LogP contribution in [0, 0.1) is 0 Å². The molecular weight excluding hydrogens is 362 g/mol. The molecule has 0 fully saturated rings. The largest absolute Gasteiger partial charge is 0.481 e. The lowest BCUT2D eigenvalue weighted by Crippen LogP contribution is -2.55. The van der Waals surface area contributed by atoms with E-state index in [1.807, 2.05) is 0 Å². The van der Waals surface area contributed by atoms with E-state index in [1.165, 1.54) is 0 Å². The number of carbonyl (C=O) groups excluding carboxylic acids is 2. The van der Waals surface area contributed by atoms with Crippen LogP contribution in [0.4, 0.5) is 0 Å². The molecule has 0 aliphatic rings. The minimum Gasteiger partial charge on any atom is -0.481 e. The molecule has 26 heavy (non-hydrogen) atoms. The van der Waals surface area contributed by atoms with Crippen LogP contribution in [-0.2, 0) is 25.6 Å². The zero-order valence-corrected chi connectivity index (χ0v) is 14.7. The number of amides is 2. The van der Waals surface area contributed by atoms with E-state index in [-0.39, 0.29) is 12.2 Å². The Hall–Kier alpha value is -2.59. The molecule has 1 aromatic rings. The van der Waals surface area contributed by atoms with Gasteiger partial charge in [-0.15, -0.1) is 0 Å². The van der Waals surface area contributed by atoms with E-state index in [4.69, 9.17) is 10.8 Å². The molecule has 0 bridgehead atoms. The second-order valence-electron chi connectivity index (χ2n) is 5.54. The van der Waals surface area contributed by atoms with Crippen molar-refractivity contribution >= 4 is 36.4 Å². The molecular formula is C16H21N3O6S. The van der Waals surface area contributed by atoms with Crippen LogP contribution < -0.4 is 16.4 Å². The summed E-state index contributed by atoms with van der Waals surface area (Å²) in [6, 6.07) is 5.05. The molecule has 6 N–H and O–H groups in total. The van der Waals surface area contributed by atoms with Crippen molar-refractivity contribution in [2.75, 3.05) is 5.75 Å². The maximum Gasteiger partial charge on any atom is 0.326 e. The van der Waals surface area contributed by atoms with Crippen LogP contribution in [0.3, 0.4) is 0 Å². The highest BCUT2D eigenvalue weighted by Gasteiger charge is 2.27. The molecule has 0 spiro atoms. The Morgan fingerprint density at radius 2 is 1.58 bits per heavy atom. The third kappa shape index (κ3) is 7.11. The van der Waals surface area contributed by atoms with E-state index < -0.39 is 48.3 Å². The van der Waals surface area contributed by atoms with E-state index in [9.17, 15) is 24.3 Å². The molecule has 0 saturated carbocycles. The zero-order chi connectivity index (χ0) is 19.7. The number of nitrogens with two attached hydrogens (primary N) is 1. The maximum atomic E-state index is 12.3. The molecule has 9 nitrogen and oxygen atoms in total. The first kappa shape index (κ1) is 21.5. The van der Waals surface area contributed by atoms with Crippen molar-refractivity contribution in [2.45, 2.75) is 31.0 Å². The number of aliphatic carboxylic acids is 2. The number of benzene rings is 1. The van der Waals surface area contributed by atoms with Crippen molar-refractivity contribution in [3.05, 3.63) is 35.9 Å². The van der Waals surface area contributed by atoms with E-state index in [0.717, 1.165) is 5.56 Å². The number of thiol groups is 1. The summed E-state index contributed by atoms with van der Waals surface area (Å²) in [5.41, 5.74) is 6.15. The highest BCUT2D eigenvalue weighted by atomic mass is 32.1. The van der Waals surface area contributed by atoms with Gasteiger partial charge in [0, 0.05) is 12.2 Å². The Morgan fingerprint density at radius 3 is 2.08 bits per heavy atom. The number of rotatable bonds is 10. The molecule has 0 aliphatic heterocycles. The number of carboxylic acid groups (broad SMARTS) is 2. The molecule has 10 heteroatoms. The molecule has 0 saturated heterocycles. The average Bonchev–Trinajstić information content (AvgIpc) is 2.58.